The Morgan fingerprint density at radius 2 is 1.55 bits per heavy atom. The average Bonchev–Trinajstić information content (AvgIpc) is 2.98. The zero-order valence-corrected chi connectivity index (χ0v) is 25.6. The van der Waals surface area contributed by atoms with E-state index < -0.39 is 21.9 Å². The summed E-state index contributed by atoms with van der Waals surface area (Å²) in [6, 6.07) is 22.1. The van der Waals surface area contributed by atoms with E-state index in [0.29, 0.717) is 17.8 Å². The number of nitrogens with zero attached hydrogens (tertiary/aromatic N) is 2. The van der Waals surface area contributed by atoms with Crippen LogP contribution in [0.25, 0.3) is 0 Å². The number of carbonyl (C=O) groups excluding carboxylic acids is 2. The van der Waals surface area contributed by atoms with E-state index >= 15 is 0 Å². The van der Waals surface area contributed by atoms with E-state index in [1.165, 1.54) is 15.3 Å². The molecule has 226 valence electrons. The number of halogens is 1. The van der Waals surface area contributed by atoms with Gasteiger partial charge < -0.3 is 10.2 Å². The summed E-state index contributed by atoms with van der Waals surface area (Å²) in [6.45, 7) is 4.54. The standard InChI is InChI=1S/C33H42FN3O4S/c1-4-6-22-35-33(39)31(24-27-13-8-7-9-14-27)36(25-28-15-10-11-16-30(28)34)32(38)17-12-23-37(42(3,40)41)29-20-18-26(5-2)19-21-29/h7-11,13-16,18-21,31H,4-6,12,17,22-25H2,1-3H3,(H,35,39)/t31-/m1/s1. The van der Waals surface area contributed by atoms with Gasteiger partial charge >= 0.3 is 0 Å². The number of amides is 2. The lowest BCUT2D eigenvalue weighted by atomic mass is 10.0. The van der Waals surface area contributed by atoms with Gasteiger partial charge in [-0.25, -0.2) is 12.8 Å². The number of aryl methyl sites for hydroxylation is 1. The quantitative estimate of drug-likeness (QED) is 0.222. The Balaban J connectivity index is 1.87. The van der Waals surface area contributed by atoms with E-state index in [1.54, 1.807) is 30.3 Å². The fourth-order valence-corrected chi connectivity index (χ4v) is 5.74. The molecule has 0 aliphatic carbocycles. The van der Waals surface area contributed by atoms with Crippen molar-refractivity contribution in [3.05, 3.63) is 101 Å². The van der Waals surface area contributed by atoms with Crippen LogP contribution < -0.4 is 9.62 Å². The van der Waals surface area contributed by atoms with Crippen molar-refractivity contribution in [3.8, 4) is 0 Å². The zero-order valence-electron chi connectivity index (χ0n) is 24.8. The molecule has 7 nitrogen and oxygen atoms in total. The molecule has 0 aromatic heterocycles. The summed E-state index contributed by atoms with van der Waals surface area (Å²) in [6.07, 6.45) is 4.15. The van der Waals surface area contributed by atoms with E-state index in [4.69, 9.17) is 0 Å². The van der Waals surface area contributed by atoms with Crippen molar-refractivity contribution < 1.29 is 22.4 Å². The summed E-state index contributed by atoms with van der Waals surface area (Å²) >= 11 is 0. The third kappa shape index (κ3) is 9.69. The van der Waals surface area contributed by atoms with E-state index in [0.717, 1.165) is 36.6 Å². The molecule has 0 saturated carbocycles. The number of benzene rings is 3. The molecule has 1 atom stereocenters. The Labute approximate surface area is 249 Å². The summed E-state index contributed by atoms with van der Waals surface area (Å²) in [5.41, 5.74) is 2.80. The fourth-order valence-electron chi connectivity index (χ4n) is 4.77. The minimum Gasteiger partial charge on any atom is -0.354 e. The molecule has 0 spiro atoms. The number of unbranched alkanes of at least 4 members (excludes halogenated alkanes) is 1. The van der Waals surface area contributed by atoms with Gasteiger partial charge in [0, 0.05) is 38.0 Å². The maximum absolute atomic E-state index is 14.8. The second kappa shape index (κ2) is 16.1. The Kier molecular flexibility index (Phi) is 12.5. The maximum atomic E-state index is 14.8. The largest absolute Gasteiger partial charge is 0.354 e. The van der Waals surface area contributed by atoms with Crippen molar-refractivity contribution in [1.82, 2.24) is 10.2 Å². The van der Waals surface area contributed by atoms with Gasteiger partial charge in [-0.2, -0.15) is 0 Å². The van der Waals surface area contributed by atoms with Crippen molar-refractivity contribution in [2.75, 3.05) is 23.7 Å². The van der Waals surface area contributed by atoms with Gasteiger partial charge in [0.2, 0.25) is 21.8 Å². The molecule has 0 heterocycles. The highest BCUT2D eigenvalue weighted by molar-refractivity contribution is 7.92. The first kappa shape index (κ1) is 32.8. The highest BCUT2D eigenvalue weighted by Gasteiger charge is 2.31. The molecule has 0 aliphatic rings. The summed E-state index contributed by atoms with van der Waals surface area (Å²) in [5, 5.41) is 2.95. The molecule has 0 radical (unpaired) electrons. The van der Waals surface area contributed by atoms with Crippen molar-refractivity contribution in [1.29, 1.82) is 0 Å². The minimum atomic E-state index is -3.60. The summed E-state index contributed by atoms with van der Waals surface area (Å²) in [5.74, 6) is -1.11. The zero-order chi connectivity index (χ0) is 30.5. The normalized spacial score (nSPS) is 12.0. The Morgan fingerprint density at radius 1 is 0.881 bits per heavy atom. The molecule has 1 N–H and O–H groups in total. The summed E-state index contributed by atoms with van der Waals surface area (Å²) in [7, 11) is -3.60. The van der Waals surface area contributed by atoms with Gasteiger partial charge in [-0.1, -0.05) is 80.9 Å². The van der Waals surface area contributed by atoms with Gasteiger partial charge in [0.1, 0.15) is 11.9 Å². The highest BCUT2D eigenvalue weighted by Crippen LogP contribution is 2.21. The molecular weight excluding hydrogens is 553 g/mol. The monoisotopic (exact) mass is 595 g/mol. The predicted octanol–water partition coefficient (Wildman–Crippen LogP) is 5.49. The van der Waals surface area contributed by atoms with Gasteiger partial charge in [-0.05, 0) is 48.6 Å². The molecule has 0 saturated heterocycles. The van der Waals surface area contributed by atoms with Crippen LogP contribution in [-0.4, -0.2) is 50.5 Å². The van der Waals surface area contributed by atoms with Crippen LogP contribution in [0, 0.1) is 5.82 Å². The second-order valence-corrected chi connectivity index (χ2v) is 12.3. The van der Waals surface area contributed by atoms with Gasteiger partial charge in [-0.3, -0.25) is 13.9 Å². The van der Waals surface area contributed by atoms with Crippen LogP contribution >= 0.6 is 0 Å². The molecule has 0 fully saturated rings. The molecule has 2 amide bonds. The Bertz CT molecular complexity index is 1400. The van der Waals surface area contributed by atoms with Crippen LogP contribution in [0.4, 0.5) is 10.1 Å². The lowest BCUT2D eigenvalue weighted by Gasteiger charge is -2.32. The number of anilines is 1. The van der Waals surface area contributed by atoms with Crippen LogP contribution in [0.3, 0.4) is 0 Å². The smallest absolute Gasteiger partial charge is 0.243 e. The molecule has 0 unspecified atom stereocenters. The summed E-state index contributed by atoms with van der Waals surface area (Å²) < 4.78 is 41.3. The first-order valence-corrected chi connectivity index (χ1v) is 16.4. The van der Waals surface area contributed by atoms with Crippen molar-refractivity contribution >= 4 is 27.5 Å². The minimum absolute atomic E-state index is 0.0129. The first-order valence-electron chi connectivity index (χ1n) is 14.5. The molecule has 42 heavy (non-hydrogen) atoms. The number of nitrogens with one attached hydrogen (secondary N) is 1. The highest BCUT2D eigenvalue weighted by atomic mass is 32.2. The van der Waals surface area contributed by atoms with Crippen molar-refractivity contribution in [2.45, 2.75) is 65.0 Å². The van der Waals surface area contributed by atoms with Crippen LogP contribution in [-0.2, 0) is 39.0 Å². The topological polar surface area (TPSA) is 86.8 Å². The van der Waals surface area contributed by atoms with Crippen molar-refractivity contribution in [2.24, 2.45) is 0 Å². The average molecular weight is 596 g/mol. The van der Waals surface area contributed by atoms with Crippen LogP contribution in [0.1, 0.15) is 56.2 Å². The SMILES string of the molecule is CCCCNC(=O)[C@@H](Cc1ccccc1)N(Cc1ccccc1F)C(=O)CCCN(c1ccc(CC)cc1)S(C)(=O)=O. The lowest BCUT2D eigenvalue weighted by Crippen LogP contribution is -2.50. The maximum Gasteiger partial charge on any atom is 0.243 e. The van der Waals surface area contributed by atoms with E-state index in [2.05, 4.69) is 5.32 Å². The Morgan fingerprint density at radius 3 is 2.17 bits per heavy atom. The molecule has 3 aromatic rings. The van der Waals surface area contributed by atoms with Gasteiger partial charge in [0.05, 0.1) is 11.9 Å². The molecular formula is C33H42FN3O4S. The number of hydrogen-bond donors (Lipinski definition) is 1. The summed E-state index contributed by atoms with van der Waals surface area (Å²) in [4.78, 5) is 28.8. The molecule has 0 aliphatic heterocycles. The van der Waals surface area contributed by atoms with Crippen molar-refractivity contribution in [3.63, 3.8) is 0 Å². The van der Waals surface area contributed by atoms with Crippen LogP contribution in [0.5, 0.6) is 0 Å². The van der Waals surface area contributed by atoms with Gasteiger partial charge in [0.15, 0.2) is 0 Å². The molecule has 0 bridgehead atoms. The number of sulfonamides is 1. The third-order valence-corrected chi connectivity index (χ3v) is 8.38. The van der Waals surface area contributed by atoms with E-state index in [1.807, 2.05) is 56.3 Å². The predicted molar refractivity (Wildman–Crippen MR) is 166 cm³/mol. The molecule has 3 aromatic carbocycles. The van der Waals surface area contributed by atoms with E-state index in [-0.39, 0.29) is 44.2 Å². The number of hydrogen-bond acceptors (Lipinski definition) is 4. The Hall–Kier alpha value is -3.72. The number of rotatable bonds is 16. The van der Waals surface area contributed by atoms with E-state index in [9.17, 15) is 22.4 Å². The molecule has 3 rings (SSSR count). The van der Waals surface area contributed by atoms with Gasteiger partial charge in [-0.15, -0.1) is 0 Å². The first-order chi connectivity index (χ1) is 20.1. The van der Waals surface area contributed by atoms with Crippen LogP contribution in [0.15, 0.2) is 78.9 Å². The number of carbonyl (C=O) groups is 2. The second-order valence-electron chi connectivity index (χ2n) is 10.4. The third-order valence-electron chi connectivity index (χ3n) is 7.18. The molecule has 9 heteroatoms. The lowest BCUT2D eigenvalue weighted by molar-refractivity contribution is -0.141. The van der Waals surface area contributed by atoms with Crippen LogP contribution in [0.2, 0.25) is 0 Å². The fraction of sp³-hybridized carbons (Fsp3) is 0.394. The van der Waals surface area contributed by atoms with Gasteiger partial charge in [0.25, 0.3) is 0 Å².